The van der Waals surface area contributed by atoms with Gasteiger partial charge >= 0.3 is 5.97 Å². The van der Waals surface area contributed by atoms with Crippen LogP contribution in [0.1, 0.15) is 57.0 Å². The summed E-state index contributed by atoms with van der Waals surface area (Å²) < 4.78 is 58.0. The highest BCUT2D eigenvalue weighted by molar-refractivity contribution is 8.13. The van der Waals surface area contributed by atoms with E-state index >= 15 is 8.78 Å². The molecule has 0 radical (unpaired) electrons. The first kappa shape index (κ1) is 26.3. The van der Waals surface area contributed by atoms with Gasteiger partial charge in [-0.1, -0.05) is 13.0 Å². The normalized spacial score (nSPS) is 44.5. The quantitative estimate of drug-likeness (QED) is 0.535. The maximum atomic E-state index is 17.4. The van der Waals surface area contributed by atoms with E-state index in [2.05, 4.69) is 0 Å². The van der Waals surface area contributed by atoms with Crippen molar-refractivity contribution >= 4 is 28.6 Å². The SMILES string of the molecule is CC1(F)C[C@H]2[C@@H]3CCC(OC(=O)c4ccco4)(C(=O)SCF)[C@@]3(C)CC(O)C2(F)[C@@]2(C)C=CC(=O)C=C12. The van der Waals surface area contributed by atoms with Gasteiger partial charge < -0.3 is 14.3 Å². The number of carbonyl (C=O) groups excluding carboxylic acids is 3. The van der Waals surface area contributed by atoms with Gasteiger partial charge in [0.25, 0.3) is 0 Å². The molecule has 1 N–H and O–H groups in total. The fourth-order valence-corrected chi connectivity index (χ4v) is 8.59. The molecule has 8 atom stereocenters. The molecule has 1 aromatic heterocycles. The van der Waals surface area contributed by atoms with E-state index < -0.39 is 68.6 Å². The third-order valence-electron chi connectivity index (χ3n) is 9.57. The molecule has 1 heterocycles. The number of carbonyl (C=O) groups is 3. The largest absolute Gasteiger partial charge is 0.457 e. The average Bonchev–Trinajstić information content (AvgIpc) is 3.45. The molecule has 6 nitrogen and oxygen atoms in total. The van der Waals surface area contributed by atoms with Gasteiger partial charge in [0.05, 0.1) is 12.4 Å². The maximum absolute atomic E-state index is 17.4. The molecule has 4 aliphatic carbocycles. The fourth-order valence-electron chi connectivity index (χ4n) is 7.88. The van der Waals surface area contributed by atoms with Gasteiger partial charge in [0.2, 0.25) is 10.9 Å². The molecule has 0 amide bonds. The van der Waals surface area contributed by atoms with Crippen molar-refractivity contribution in [2.24, 2.45) is 22.7 Å². The van der Waals surface area contributed by atoms with E-state index in [9.17, 15) is 23.9 Å². The van der Waals surface area contributed by atoms with Crippen LogP contribution in [0.2, 0.25) is 0 Å². The Labute approximate surface area is 216 Å². The second-order valence-corrected chi connectivity index (χ2v) is 12.2. The zero-order valence-electron chi connectivity index (χ0n) is 20.8. The maximum Gasteiger partial charge on any atom is 0.375 e. The number of halogens is 3. The molecule has 10 heteroatoms. The smallest absolute Gasteiger partial charge is 0.375 e. The molecule has 3 fully saturated rings. The molecule has 4 aliphatic rings. The van der Waals surface area contributed by atoms with Gasteiger partial charge in [-0.15, -0.1) is 0 Å². The van der Waals surface area contributed by atoms with Crippen LogP contribution in [0.15, 0.2) is 46.6 Å². The van der Waals surface area contributed by atoms with Crippen LogP contribution in [0.3, 0.4) is 0 Å². The lowest BCUT2D eigenvalue weighted by atomic mass is 9.43. The molecule has 0 bridgehead atoms. The Morgan fingerprint density at radius 2 is 1.95 bits per heavy atom. The molecule has 4 unspecified atom stereocenters. The van der Waals surface area contributed by atoms with Crippen molar-refractivity contribution in [2.45, 2.75) is 69.5 Å². The summed E-state index contributed by atoms with van der Waals surface area (Å²) in [4.78, 5) is 38.5. The molecule has 1 aromatic rings. The Balaban J connectivity index is 1.62. The van der Waals surface area contributed by atoms with Crippen LogP contribution in [-0.4, -0.2) is 51.0 Å². The Hall–Kier alpha value is -2.33. The first-order chi connectivity index (χ1) is 17.3. The van der Waals surface area contributed by atoms with Gasteiger partial charge in [-0.05, 0) is 87.1 Å². The number of alkyl halides is 3. The van der Waals surface area contributed by atoms with Crippen molar-refractivity contribution < 1.29 is 41.8 Å². The summed E-state index contributed by atoms with van der Waals surface area (Å²) in [6.45, 7) is 4.41. The van der Waals surface area contributed by atoms with Crippen molar-refractivity contribution in [1.82, 2.24) is 0 Å². The lowest BCUT2D eigenvalue weighted by molar-refractivity contribution is -0.225. The minimum Gasteiger partial charge on any atom is -0.457 e. The second-order valence-electron chi connectivity index (χ2n) is 11.3. The van der Waals surface area contributed by atoms with Crippen LogP contribution in [0, 0.1) is 22.7 Å². The van der Waals surface area contributed by atoms with Crippen LogP contribution in [0.5, 0.6) is 0 Å². The summed E-state index contributed by atoms with van der Waals surface area (Å²) >= 11 is 0.347. The van der Waals surface area contributed by atoms with E-state index in [1.807, 2.05) is 0 Å². The van der Waals surface area contributed by atoms with Crippen molar-refractivity contribution in [3.63, 3.8) is 0 Å². The first-order valence-electron chi connectivity index (χ1n) is 12.3. The topological polar surface area (TPSA) is 93.8 Å². The molecule has 37 heavy (non-hydrogen) atoms. The summed E-state index contributed by atoms with van der Waals surface area (Å²) in [5.74, 6) is -3.31. The van der Waals surface area contributed by atoms with E-state index in [4.69, 9.17) is 9.15 Å². The number of hydrogen-bond acceptors (Lipinski definition) is 7. The van der Waals surface area contributed by atoms with Gasteiger partial charge in [-0.3, -0.25) is 9.59 Å². The molecular weight excluding hydrogens is 509 g/mol. The summed E-state index contributed by atoms with van der Waals surface area (Å²) in [5.41, 5.74) is -9.27. The lowest BCUT2D eigenvalue weighted by Crippen LogP contribution is -2.71. The monoisotopic (exact) mass is 538 g/mol. The summed E-state index contributed by atoms with van der Waals surface area (Å²) in [7, 11) is 0. The molecule has 0 spiro atoms. The number of aliphatic hydroxyl groups is 1. The van der Waals surface area contributed by atoms with Gasteiger partial charge in [-0.2, -0.15) is 0 Å². The Morgan fingerprint density at radius 3 is 2.59 bits per heavy atom. The minimum absolute atomic E-state index is 0.0218. The fraction of sp³-hybridized carbons (Fsp3) is 0.593. The third kappa shape index (κ3) is 3.33. The number of furan rings is 1. The number of allylic oxidation sites excluding steroid dienone is 4. The predicted molar refractivity (Wildman–Crippen MR) is 129 cm³/mol. The Kier molecular flexibility index (Phi) is 5.92. The van der Waals surface area contributed by atoms with Crippen LogP contribution >= 0.6 is 11.8 Å². The molecule has 0 aliphatic heterocycles. The van der Waals surface area contributed by atoms with Gasteiger partial charge in [-0.25, -0.2) is 18.0 Å². The number of aliphatic hydroxyl groups excluding tert-OH is 1. The molecule has 0 saturated heterocycles. The van der Waals surface area contributed by atoms with E-state index in [1.165, 1.54) is 44.4 Å². The Morgan fingerprint density at radius 1 is 1.22 bits per heavy atom. The van der Waals surface area contributed by atoms with E-state index in [-0.39, 0.29) is 37.0 Å². The van der Waals surface area contributed by atoms with Crippen molar-refractivity contribution in [3.8, 4) is 0 Å². The number of fused-ring (bicyclic) bond motifs is 5. The zero-order chi connectivity index (χ0) is 27.0. The summed E-state index contributed by atoms with van der Waals surface area (Å²) in [5, 5.41) is 10.7. The van der Waals surface area contributed by atoms with Crippen molar-refractivity contribution in [3.05, 3.63) is 48.0 Å². The number of thioether (sulfide) groups is 1. The van der Waals surface area contributed by atoms with Crippen LogP contribution in [0.4, 0.5) is 13.2 Å². The number of ketones is 1. The number of ether oxygens (including phenoxy) is 1. The number of rotatable bonds is 4. The van der Waals surface area contributed by atoms with Crippen LogP contribution in [-0.2, 0) is 14.3 Å². The highest BCUT2D eigenvalue weighted by atomic mass is 32.2. The standard InChI is InChI=1S/C27H29F3O6S/c1-23-8-6-15(31)11-19(23)25(3,29)12-17-16-7-9-26(22(34)37-14-28,36-21(33)18-5-4-10-35-18)24(16,2)13-20(32)27(17,23)30/h4-6,8,10-11,16-17,20,32H,7,9,12-14H2,1-3H3/t16-,17-,20?,23-,24-,25?,26?,27?/m0/s1. The first-order valence-corrected chi connectivity index (χ1v) is 13.3. The molecule has 200 valence electrons. The predicted octanol–water partition coefficient (Wildman–Crippen LogP) is 5.07. The number of hydrogen-bond donors (Lipinski definition) is 1. The summed E-state index contributed by atoms with van der Waals surface area (Å²) in [6.07, 6.45) is 2.74. The molecule has 0 aromatic carbocycles. The molecule has 3 saturated carbocycles. The van der Waals surface area contributed by atoms with Crippen molar-refractivity contribution in [1.29, 1.82) is 0 Å². The van der Waals surface area contributed by atoms with Crippen LogP contribution in [0.25, 0.3) is 0 Å². The average molecular weight is 539 g/mol. The van der Waals surface area contributed by atoms with E-state index in [0.29, 0.717) is 11.8 Å². The van der Waals surface area contributed by atoms with Gasteiger partial charge in [0.15, 0.2) is 17.1 Å². The molecule has 5 rings (SSSR count). The van der Waals surface area contributed by atoms with Gasteiger partial charge in [0.1, 0.15) is 11.7 Å². The van der Waals surface area contributed by atoms with E-state index in [1.54, 1.807) is 6.92 Å². The van der Waals surface area contributed by atoms with Gasteiger partial charge in [0, 0.05) is 16.7 Å². The number of esters is 1. The van der Waals surface area contributed by atoms with E-state index in [0.717, 1.165) is 6.08 Å². The summed E-state index contributed by atoms with van der Waals surface area (Å²) in [6, 6.07) is 1.77. The highest BCUT2D eigenvalue weighted by Crippen LogP contribution is 2.72. The second kappa shape index (κ2) is 8.33. The van der Waals surface area contributed by atoms with Crippen LogP contribution < -0.4 is 0 Å². The molecular formula is C27H29F3O6S. The minimum atomic E-state index is -2.36. The highest BCUT2D eigenvalue weighted by Gasteiger charge is 2.77. The zero-order valence-corrected chi connectivity index (χ0v) is 21.6. The third-order valence-corrected chi connectivity index (χ3v) is 10.3. The Bertz CT molecular complexity index is 1210. The lowest BCUT2D eigenvalue weighted by Gasteiger charge is -2.64. The van der Waals surface area contributed by atoms with Crippen molar-refractivity contribution in [2.75, 3.05) is 6.01 Å².